The van der Waals surface area contributed by atoms with Crippen molar-refractivity contribution >= 4 is 34.0 Å². The summed E-state index contributed by atoms with van der Waals surface area (Å²) >= 11 is 7.13. The molecule has 0 spiro atoms. The first-order chi connectivity index (χ1) is 14.6. The molecule has 0 bridgehead atoms. The van der Waals surface area contributed by atoms with E-state index in [-0.39, 0.29) is 16.7 Å². The number of rotatable bonds is 6. The zero-order chi connectivity index (χ0) is 20.9. The molecule has 1 amide bonds. The van der Waals surface area contributed by atoms with Crippen LogP contribution in [0.15, 0.2) is 42.3 Å². The fourth-order valence-electron chi connectivity index (χ4n) is 3.68. The lowest BCUT2D eigenvalue weighted by Crippen LogP contribution is -2.34. The van der Waals surface area contributed by atoms with E-state index in [1.165, 1.54) is 23.7 Å². The zero-order valence-electron chi connectivity index (χ0n) is 16.2. The summed E-state index contributed by atoms with van der Waals surface area (Å²) in [5, 5.41) is 5.32. The third-order valence-corrected chi connectivity index (χ3v) is 6.27. The van der Waals surface area contributed by atoms with Crippen LogP contribution in [0.5, 0.6) is 0 Å². The SMILES string of the molecule is O=C(Nc1nccs1)c1cncnc1CC1CCN(Cc2ccc(Cl)c(F)c2)CC1. The van der Waals surface area contributed by atoms with Crippen molar-refractivity contribution in [1.29, 1.82) is 0 Å². The van der Waals surface area contributed by atoms with Crippen molar-refractivity contribution < 1.29 is 9.18 Å². The largest absolute Gasteiger partial charge is 0.299 e. The Morgan fingerprint density at radius 2 is 2.13 bits per heavy atom. The van der Waals surface area contributed by atoms with Crippen molar-refractivity contribution in [3.8, 4) is 0 Å². The van der Waals surface area contributed by atoms with Crippen LogP contribution in [0.2, 0.25) is 5.02 Å². The second kappa shape index (κ2) is 9.59. The van der Waals surface area contributed by atoms with Crippen LogP contribution >= 0.6 is 22.9 Å². The van der Waals surface area contributed by atoms with E-state index in [0.717, 1.165) is 43.6 Å². The molecular weight excluding hydrogens is 425 g/mol. The van der Waals surface area contributed by atoms with E-state index >= 15 is 0 Å². The van der Waals surface area contributed by atoms with Crippen LogP contribution < -0.4 is 5.32 Å². The molecule has 9 heteroatoms. The molecule has 0 radical (unpaired) electrons. The normalized spacial score (nSPS) is 15.3. The maximum absolute atomic E-state index is 13.7. The average molecular weight is 446 g/mol. The number of piperidine rings is 1. The van der Waals surface area contributed by atoms with E-state index in [9.17, 15) is 9.18 Å². The van der Waals surface area contributed by atoms with E-state index in [0.29, 0.717) is 23.2 Å². The predicted molar refractivity (Wildman–Crippen MR) is 115 cm³/mol. The fourth-order valence-corrected chi connectivity index (χ4v) is 4.32. The van der Waals surface area contributed by atoms with Crippen LogP contribution in [0.4, 0.5) is 9.52 Å². The summed E-state index contributed by atoms with van der Waals surface area (Å²) in [5.41, 5.74) is 2.18. The molecular formula is C21H21ClFN5OS. The summed E-state index contributed by atoms with van der Waals surface area (Å²) in [5.74, 6) is -0.177. The molecule has 6 nitrogen and oxygen atoms in total. The minimum atomic E-state index is -0.378. The van der Waals surface area contributed by atoms with Gasteiger partial charge in [0.15, 0.2) is 5.13 Å². The lowest BCUT2D eigenvalue weighted by Gasteiger charge is -2.32. The summed E-state index contributed by atoms with van der Waals surface area (Å²) in [6.45, 7) is 2.54. The van der Waals surface area contributed by atoms with Gasteiger partial charge in [0.1, 0.15) is 12.1 Å². The smallest absolute Gasteiger partial charge is 0.260 e. The van der Waals surface area contributed by atoms with E-state index < -0.39 is 0 Å². The van der Waals surface area contributed by atoms with Crippen molar-refractivity contribution in [2.24, 2.45) is 5.92 Å². The molecule has 1 aliphatic rings. The van der Waals surface area contributed by atoms with Gasteiger partial charge in [-0.15, -0.1) is 11.3 Å². The van der Waals surface area contributed by atoms with Gasteiger partial charge in [-0.1, -0.05) is 17.7 Å². The Kier molecular flexibility index (Phi) is 6.66. The van der Waals surface area contributed by atoms with Crippen LogP contribution in [-0.4, -0.2) is 38.8 Å². The first-order valence-electron chi connectivity index (χ1n) is 9.74. The number of likely N-dealkylation sites (tertiary alicyclic amines) is 1. The number of hydrogen-bond donors (Lipinski definition) is 1. The lowest BCUT2D eigenvalue weighted by molar-refractivity contribution is 0.102. The van der Waals surface area contributed by atoms with Gasteiger partial charge in [-0.05, 0) is 56.0 Å². The summed E-state index contributed by atoms with van der Waals surface area (Å²) in [6.07, 6.45) is 7.41. The maximum atomic E-state index is 13.7. The van der Waals surface area contributed by atoms with E-state index in [4.69, 9.17) is 11.6 Å². The highest BCUT2D eigenvalue weighted by Crippen LogP contribution is 2.25. The molecule has 156 valence electrons. The highest BCUT2D eigenvalue weighted by atomic mass is 35.5. The van der Waals surface area contributed by atoms with Gasteiger partial charge in [0.25, 0.3) is 5.91 Å². The summed E-state index contributed by atoms with van der Waals surface area (Å²) in [6, 6.07) is 4.97. The molecule has 1 N–H and O–H groups in total. The molecule has 0 saturated carbocycles. The van der Waals surface area contributed by atoms with Crippen LogP contribution in [0.25, 0.3) is 0 Å². The number of benzene rings is 1. The standard InChI is InChI=1S/C21H21ClFN5OS/c22-17-2-1-15(9-18(17)23)12-28-6-3-14(4-7-28)10-19-16(11-24-13-26-19)20(29)27-21-25-5-8-30-21/h1-2,5,8-9,11,13-14H,3-4,6-7,10,12H2,(H,25,27,29). The van der Waals surface area contributed by atoms with Crippen LogP contribution in [0.1, 0.15) is 34.5 Å². The monoisotopic (exact) mass is 445 g/mol. The van der Waals surface area contributed by atoms with Crippen LogP contribution in [-0.2, 0) is 13.0 Å². The molecule has 4 rings (SSSR count). The molecule has 2 aromatic heterocycles. The van der Waals surface area contributed by atoms with Crippen molar-refractivity contribution in [1.82, 2.24) is 19.9 Å². The van der Waals surface area contributed by atoms with Crippen LogP contribution in [0.3, 0.4) is 0 Å². The van der Waals surface area contributed by atoms with Gasteiger partial charge in [-0.2, -0.15) is 0 Å². The number of halogens is 2. The number of aromatic nitrogens is 3. The summed E-state index contributed by atoms with van der Waals surface area (Å²) in [4.78, 5) is 27.4. The first-order valence-corrected chi connectivity index (χ1v) is 11.0. The minimum Gasteiger partial charge on any atom is -0.299 e. The molecule has 1 fully saturated rings. The molecule has 0 atom stereocenters. The number of hydrogen-bond acceptors (Lipinski definition) is 6. The number of carbonyl (C=O) groups is 1. The zero-order valence-corrected chi connectivity index (χ0v) is 17.8. The molecule has 0 unspecified atom stereocenters. The van der Waals surface area contributed by atoms with Gasteiger partial charge in [0.2, 0.25) is 0 Å². The second-order valence-corrected chi connectivity index (χ2v) is 8.65. The number of nitrogens with zero attached hydrogens (tertiary/aromatic N) is 4. The first kappa shape index (κ1) is 20.8. The van der Waals surface area contributed by atoms with Gasteiger partial charge in [-0.3, -0.25) is 15.0 Å². The van der Waals surface area contributed by atoms with Crippen molar-refractivity contribution in [2.75, 3.05) is 18.4 Å². The van der Waals surface area contributed by atoms with E-state index in [2.05, 4.69) is 25.2 Å². The minimum absolute atomic E-state index is 0.150. The molecule has 1 saturated heterocycles. The molecule has 1 aliphatic heterocycles. The van der Waals surface area contributed by atoms with E-state index in [1.54, 1.807) is 18.5 Å². The van der Waals surface area contributed by atoms with Crippen LogP contribution in [0, 0.1) is 11.7 Å². The Balaban J connectivity index is 1.34. The van der Waals surface area contributed by atoms with Gasteiger partial charge >= 0.3 is 0 Å². The number of thiazole rings is 1. The highest BCUT2D eigenvalue weighted by Gasteiger charge is 2.23. The van der Waals surface area contributed by atoms with Gasteiger partial charge in [-0.25, -0.2) is 19.3 Å². The quantitative estimate of drug-likeness (QED) is 0.607. The van der Waals surface area contributed by atoms with Gasteiger partial charge in [0.05, 0.1) is 16.3 Å². The number of amides is 1. The van der Waals surface area contributed by atoms with Crippen molar-refractivity contribution in [3.05, 3.63) is 70.0 Å². The predicted octanol–water partition coefficient (Wildman–Crippen LogP) is 4.43. The molecule has 1 aromatic carbocycles. The Bertz CT molecular complexity index is 1010. The third kappa shape index (κ3) is 5.19. The Morgan fingerprint density at radius 3 is 2.87 bits per heavy atom. The average Bonchev–Trinajstić information content (AvgIpc) is 3.25. The lowest BCUT2D eigenvalue weighted by atomic mass is 9.90. The molecule has 30 heavy (non-hydrogen) atoms. The highest BCUT2D eigenvalue weighted by molar-refractivity contribution is 7.13. The number of carbonyl (C=O) groups excluding carboxylic acids is 1. The third-order valence-electron chi connectivity index (χ3n) is 5.27. The van der Waals surface area contributed by atoms with Crippen molar-refractivity contribution in [3.63, 3.8) is 0 Å². The Labute approximate surface area is 183 Å². The maximum Gasteiger partial charge on any atom is 0.260 e. The second-order valence-electron chi connectivity index (χ2n) is 7.35. The fraction of sp³-hybridized carbons (Fsp3) is 0.333. The Morgan fingerprint density at radius 1 is 1.30 bits per heavy atom. The van der Waals surface area contributed by atoms with E-state index in [1.807, 2.05) is 11.4 Å². The summed E-state index contributed by atoms with van der Waals surface area (Å²) in [7, 11) is 0. The topological polar surface area (TPSA) is 71.0 Å². The van der Waals surface area contributed by atoms with Crippen molar-refractivity contribution in [2.45, 2.75) is 25.8 Å². The number of anilines is 1. The van der Waals surface area contributed by atoms with Gasteiger partial charge < -0.3 is 0 Å². The molecule has 3 aromatic rings. The molecule has 3 heterocycles. The summed E-state index contributed by atoms with van der Waals surface area (Å²) < 4.78 is 13.7. The molecule has 0 aliphatic carbocycles. The Hall–Kier alpha value is -2.42. The number of nitrogens with one attached hydrogen (secondary N) is 1. The van der Waals surface area contributed by atoms with Gasteiger partial charge in [0, 0.05) is 24.3 Å².